The monoisotopic (exact) mass is 337 g/mol. The average Bonchev–Trinajstić information content (AvgIpc) is 3.09. The average molecular weight is 338 g/mol. The summed E-state index contributed by atoms with van der Waals surface area (Å²) in [5, 5.41) is 9.71. The third kappa shape index (κ3) is 3.07. The summed E-state index contributed by atoms with van der Waals surface area (Å²) < 4.78 is 11.3. The van der Waals surface area contributed by atoms with Crippen molar-refractivity contribution in [2.75, 3.05) is 0 Å². The Morgan fingerprint density at radius 1 is 1.00 bits per heavy atom. The lowest BCUT2D eigenvalue weighted by atomic mass is 10.2. The van der Waals surface area contributed by atoms with Gasteiger partial charge in [-0.3, -0.25) is 4.98 Å². The van der Waals surface area contributed by atoms with Crippen LogP contribution in [0.1, 0.15) is 5.89 Å². The Morgan fingerprint density at radius 2 is 1.88 bits per heavy atom. The van der Waals surface area contributed by atoms with Crippen LogP contribution in [0.5, 0.6) is 5.75 Å². The van der Waals surface area contributed by atoms with Gasteiger partial charge in [-0.15, -0.1) is 10.2 Å². The van der Waals surface area contributed by atoms with E-state index in [4.69, 9.17) is 20.8 Å². The summed E-state index contributed by atoms with van der Waals surface area (Å²) in [6, 6.07) is 16.8. The summed E-state index contributed by atoms with van der Waals surface area (Å²) in [5.74, 6) is 1.57. The van der Waals surface area contributed by atoms with Crippen LogP contribution in [0.25, 0.3) is 22.4 Å². The molecule has 0 spiro atoms. The van der Waals surface area contributed by atoms with Crippen molar-refractivity contribution in [2.24, 2.45) is 0 Å². The lowest BCUT2D eigenvalue weighted by Gasteiger charge is -2.04. The summed E-state index contributed by atoms with van der Waals surface area (Å²) in [7, 11) is 0. The highest BCUT2D eigenvalue weighted by Gasteiger charge is 2.09. The fraction of sp³-hybridized carbons (Fsp3) is 0.0556. The maximum absolute atomic E-state index is 5.87. The lowest BCUT2D eigenvalue weighted by molar-refractivity contribution is 0.265. The molecule has 0 aliphatic heterocycles. The number of benzene rings is 2. The van der Waals surface area contributed by atoms with Crippen LogP contribution in [0.3, 0.4) is 0 Å². The Labute approximate surface area is 142 Å². The number of ether oxygens (including phenoxy) is 1. The molecule has 0 atom stereocenters. The maximum atomic E-state index is 5.87. The standard InChI is InChI=1S/C18H12ClN3O2/c19-14-5-3-12(4-6-14)18-22-21-17(24-18)11-23-15-7-8-16-13(10-15)2-1-9-20-16/h1-10H,11H2. The highest BCUT2D eigenvalue weighted by atomic mass is 35.5. The first-order chi connectivity index (χ1) is 11.8. The number of hydrogen-bond acceptors (Lipinski definition) is 5. The minimum absolute atomic E-state index is 0.201. The Kier molecular flexibility index (Phi) is 3.84. The Hall–Kier alpha value is -2.92. The first kappa shape index (κ1) is 14.7. The van der Waals surface area contributed by atoms with E-state index < -0.39 is 0 Å². The van der Waals surface area contributed by atoms with Gasteiger partial charge >= 0.3 is 0 Å². The molecule has 2 aromatic carbocycles. The van der Waals surface area contributed by atoms with Crippen LogP contribution in [-0.4, -0.2) is 15.2 Å². The van der Waals surface area contributed by atoms with Crippen LogP contribution in [0.2, 0.25) is 5.02 Å². The Bertz CT molecular complexity index is 983. The number of aromatic nitrogens is 3. The van der Waals surface area contributed by atoms with Crippen LogP contribution in [0.4, 0.5) is 0 Å². The molecule has 6 heteroatoms. The zero-order valence-corrected chi connectivity index (χ0v) is 13.3. The van der Waals surface area contributed by atoms with Crippen molar-refractivity contribution in [3.8, 4) is 17.2 Å². The van der Waals surface area contributed by atoms with Crippen molar-refractivity contribution in [2.45, 2.75) is 6.61 Å². The minimum Gasteiger partial charge on any atom is -0.484 e. The molecule has 0 aliphatic rings. The molecule has 5 nitrogen and oxygen atoms in total. The number of halogens is 1. The number of hydrogen-bond donors (Lipinski definition) is 0. The van der Waals surface area contributed by atoms with Crippen molar-refractivity contribution in [1.29, 1.82) is 0 Å². The van der Waals surface area contributed by atoms with Gasteiger partial charge in [-0.2, -0.15) is 0 Å². The van der Waals surface area contributed by atoms with Gasteiger partial charge in [0.2, 0.25) is 5.89 Å². The molecule has 24 heavy (non-hydrogen) atoms. The third-order valence-corrected chi connectivity index (χ3v) is 3.75. The second-order valence-electron chi connectivity index (χ2n) is 5.15. The Balaban J connectivity index is 1.48. The van der Waals surface area contributed by atoms with Gasteiger partial charge in [0.25, 0.3) is 5.89 Å². The van der Waals surface area contributed by atoms with Gasteiger partial charge in [-0.25, -0.2) is 0 Å². The second kappa shape index (κ2) is 6.29. The molecule has 0 radical (unpaired) electrons. The molecular formula is C18H12ClN3O2. The second-order valence-corrected chi connectivity index (χ2v) is 5.59. The van der Waals surface area contributed by atoms with Crippen molar-refractivity contribution >= 4 is 22.5 Å². The molecule has 0 N–H and O–H groups in total. The summed E-state index contributed by atoms with van der Waals surface area (Å²) in [4.78, 5) is 4.28. The molecule has 0 bridgehead atoms. The smallest absolute Gasteiger partial charge is 0.254 e. The van der Waals surface area contributed by atoms with E-state index >= 15 is 0 Å². The van der Waals surface area contributed by atoms with Crippen molar-refractivity contribution < 1.29 is 9.15 Å². The van der Waals surface area contributed by atoms with Crippen LogP contribution in [-0.2, 0) is 6.61 Å². The predicted molar refractivity (Wildman–Crippen MR) is 90.8 cm³/mol. The lowest BCUT2D eigenvalue weighted by Crippen LogP contribution is -1.95. The summed E-state index contributed by atoms with van der Waals surface area (Å²) >= 11 is 5.87. The van der Waals surface area contributed by atoms with Crippen LogP contribution in [0, 0.1) is 0 Å². The van der Waals surface area contributed by atoms with E-state index in [1.165, 1.54) is 0 Å². The van der Waals surface area contributed by atoms with E-state index in [1.54, 1.807) is 18.3 Å². The van der Waals surface area contributed by atoms with E-state index in [1.807, 2.05) is 42.5 Å². The van der Waals surface area contributed by atoms with Gasteiger partial charge < -0.3 is 9.15 Å². The number of rotatable bonds is 4. The minimum atomic E-state index is 0.201. The van der Waals surface area contributed by atoms with E-state index in [0.717, 1.165) is 22.2 Å². The van der Waals surface area contributed by atoms with Crippen LogP contribution < -0.4 is 4.74 Å². The van der Waals surface area contributed by atoms with Gasteiger partial charge in [0.1, 0.15) is 5.75 Å². The summed E-state index contributed by atoms with van der Waals surface area (Å²) in [6.45, 7) is 0.201. The number of nitrogens with zero attached hydrogens (tertiary/aromatic N) is 3. The first-order valence-corrected chi connectivity index (χ1v) is 7.72. The molecule has 2 aromatic heterocycles. The molecule has 0 fully saturated rings. The van der Waals surface area contributed by atoms with E-state index in [-0.39, 0.29) is 6.61 Å². The van der Waals surface area contributed by atoms with E-state index in [9.17, 15) is 0 Å². The van der Waals surface area contributed by atoms with Gasteiger partial charge in [0, 0.05) is 22.2 Å². The summed E-state index contributed by atoms with van der Waals surface area (Å²) in [5.41, 5.74) is 1.74. The molecule has 2 heterocycles. The van der Waals surface area contributed by atoms with Crippen molar-refractivity contribution in [3.63, 3.8) is 0 Å². The molecule has 118 valence electrons. The Morgan fingerprint density at radius 3 is 2.75 bits per heavy atom. The van der Waals surface area contributed by atoms with E-state index in [0.29, 0.717) is 16.8 Å². The fourth-order valence-corrected chi connectivity index (χ4v) is 2.44. The molecule has 0 saturated carbocycles. The zero-order valence-electron chi connectivity index (χ0n) is 12.5. The molecule has 0 amide bonds. The predicted octanol–water partition coefficient (Wildman–Crippen LogP) is 4.52. The number of fused-ring (bicyclic) bond motifs is 1. The van der Waals surface area contributed by atoms with Gasteiger partial charge in [0.05, 0.1) is 5.52 Å². The molecule has 0 aliphatic carbocycles. The highest BCUT2D eigenvalue weighted by Crippen LogP contribution is 2.22. The molecule has 0 unspecified atom stereocenters. The topological polar surface area (TPSA) is 61.0 Å². The molecule has 4 rings (SSSR count). The van der Waals surface area contributed by atoms with Gasteiger partial charge in [-0.05, 0) is 48.5 Å². The van der Waals surface area contributed by atoms with Crippen molar-refractivity contribution in [3.05, 3.63) is 71.7 Å². The van der Waals surface area contributed by atoms with Crippen LogP contribution in [0.15, 0.2) is 65.2 Å². The fourth-order valence-electron chi connectivity index (χ4n) is 2.31. The first-order valence-electron chi connectivity index (χ1n) is 7.34. The normalized spacial score (nSPS) is 10.9. The van der Waals surface area contributed by atoms with Gasteiger partial charge in [0.15, 0.2) is 6.61 Å². The molecule has 4 aromatic rings. The zero-order chi connectivity index (χ0) is 16.4. The third-order valence-electron chi connectivity index (χ3n) is 3.49. The molecule has 0 saturated heterocycles. The maximum Gasteiger partial charge on any atom is 0.254 e. The highest BCUT2D eigenvalue weighted by molar-refractivity contribution is 6.30. The quantitative estimate of drug-likeness (QED) is 0.548. The SMILES string of the molecule is Clc1ccc(-c2nnc(COc3ccc4ncccc4c3)o2)cc1. The van der Waals surface area contributed by atoms with E-state index in [2.05, 4.69) is 15.2 Å². The van der Waals surface area contributed by atoms with Crippen molar-refractivity contribution in [1.82, 2.24) is 15.2 Å². The van der Waals surface area contributed by atoms with Crippen LogP contribution >= 0.6 is 11.6 Å². The largest absolute Gasteiger partial charge is 0.484 e. The summed E-state index contributed by atoms with van der Waals surface area (Å²) in [6.07, 6.45) is 1.76. The van der Waals surface area contributed by atoms with Gasteiger partial charge in [-0.1, -0.05) is 17.7 Å². The number of pyridine rings is 1. The molecular weight excluding hydrogens is 326 g/mol.